The second-order valence-corrected chi connectivity index (χ2v) is 10.3. The van der Waals surface area contributed by atoms with Gasteiger partial charge in [-0.3, -0.25) is 4.18 Å². The maximum Gasteiger partial charge on any atom is 0.297 e. The van der Waals surface area contributed by atoms with Gasteiger partial charge in [-0.15, -0.1) is 0 Å². The van der Waals surface area contributed by atoms with E-state index in [0.29, 0.717) is 11.4 Å². The van der Waals surface area contributed by atoms with Gasteiger partial charge in [0.1, 0.15) is 18.5 Å². The predicted molar refractivity (Wildman–Crippen MR) is 135 cm³/mol. The van der Waals surface area contributed by atoms with Gasteiger partial charge in [0.2, 0.25) is 0 Å². The van der Waals surface area contributed by atoms with Crippen molar-refractivity contribution in [3.63, 3.8) is 0 Å². The molecule has 0 bridgehead atoms. The Bertz CT molecular complexity index is 1450. The lowest BCUT2D eigenvalue weighted by Gasteiger charge is -2.16. The molecule has 172 valence electrons. The van der Waals surface area contributed by atoms with Crippen LogP contribution in [0.4, 0.5) is 0 Å². The number of fused-ring (bicyclic) bond motifs is 1. The van der Waals surface area contributed by atoms with E-state index in [-0.39, 0.29) is 11.5 Å². The van der Waals surface area contributed by atoms with E-state index in [9.17, 15) is 8.42 Å². The van der Waals surface area contributed by atoms with Crippen LogP contribution in [0.25, 0.3) is 22.3 Å². The summed E-state index contributed by atoms with van der Waals surface area (Å²) in [5.74, 6) is 0.753. The zero-order valence-electron chi connectivity index (χ0n) is 18.6. The number of ether oxygens (including phenoxy) is 1. The number of aryl methyl sites for hydroxylation is 1. The molecule has 0 fully saturated rings. The number of benzene rings is 4. The van der Waals surface area contributed by atoms with Crippen molar-refractivity contribution >= 4 is 21.7 Å². The molecule has 0 amide bonds. The van der Waals surface area contributed by atoms with Crippen LogP contribution in [0.2, 0.25) is 5.02 Å². The minimum absolute atomic E-state index is 0.0590. The fourth-order valence-corrected chi connectivity index (χ4v) is 5.39. The second kappa shape index (κ2) is 9.26. The lowest BCUT2D eigenvalue weighted by atomic mass is 9.93. The number of para-hydroxylation sites is 1. The average Bonchev–Trinajstić information content (AvgIpc) is 3.27. The van der Waals surface area contributed by atoms with Gasteiger partial charge in [0, 0.05) is 22.6 Å². The molecule has 0 radical (unpaired) electrons. The van der Waals surface area contributed by atoms with Crippen molar-refractivity contribution in [3.05, 3.63) is 107 Å². The standard InChI is InChI=1S/C28H23ClO4S/c1-19-13-15-22(16-14-19)34(30,31)32-18-21-17-20-7-6-11-26(28(20)33-21)24-9-3-2-8-23(24)25-10-4-5-12-27(25)29/h2-16,21H,17-18H2,1H3. The maximum absolute atomic E-state index is 12.6. The van der Waals surface area contributed by atoms with E-state index in [1.54, 1.807) is 24.3 Å². The Morgan fingerprint density at radius 1 is 0.824 bits per heavy atom. The Labute approximate surface area is 204 Å². The zero-order valence-corrected chi connectivity index (χ0v) is 20.1. The van der Waals surface area contributed by atoms with E-state index < -0.39 is 16.2 Å². The molecule has 4 aromatic carbocycles. The summed E-state index contributed by atoms with van der Waals surface area (Å²) >= 11 is 6.50. The summed E-state index contributed by atoms with van der Waals surface area (Å²) in [5.41, 5.74) is 5.90. The van der Waals surface area contributed by atoms with Gasteiger partial charge >= 0.3 is 0 Å². The van der Waals surface area contributed by atoms with Gasteiger partial charge < -0.3 is 4.74 Å². The first-order valence-corrected chi connectivity index (χ1v) is 12.8. The van der Waals surface area contributed by atoms with Crippen LogP contribution in [-0.2, 0) is 20.7 Å². The largest absolute Gasteiger partial charge is 0.487 e. The molecule has 1 heterocycles. The van der Waals surface area contributed by atoms with Crippen LogP contribution in [0.3, 0.4) is 0 Å². The quantitative estimate of drug-likeness (QED) is 0.282. The Morgan fingerprint density at radius 2 is 1.44 bits per heavy atom. The minimum Gasteiger partial charge on any atom is -0.487 e. The minimum atomic E-state index is -3.86. The SMILES string of the molecule is Cc1ccc(S(=O)(=O)OCC2Cc3cccc(-c4ccccc4-c4ccccc4Cl)c3O2)cc1. The molecule has 5 rings (SSSR count). The third-order valence-corrected chi connectivity index (χ3v) is 7.55. The Hall–Kier alpha value is -3.12. The summed E-state index contributed by atoms with van der Waals surface area (Å²) < 4.78 is 36.8. The lowest BCUT2D eigenvalue weighted by molar-refractivity contribution is 0.152. The molecule has 1 unspecified atom stereocenters. The van der Waals surface area contributed by atoms with Crippen LogP contribution in [0.1, 0.15) is 11.1 Å². The van der Waals surface area contributed by atoms with Crippen molar-refractivity contribution in [2.45, 2.75) is 24.3 Å². The highest BCUT2D eigenvalue weighted by atomic mass is 35.5. The first-order valence-electron chi connectivity index (χ1n) is 11.0. The van der Waals surface area contributed by atoms with Crippen LogP contribution < -0.4 is 4.74 Å². The van der Waals surface area contributed by atoms with Crippen molar-refractivity contribution in [3.8, 4) is 28.0 Å². The first kappa shape index (κ1) is 22.7. The first-order chi connectivity index (χ1) is 16.4. The van der Waals surface area contributed by atoms with Crippen LogP contribution in [0.5, 0.6) is 5.75 Å². The van der Waals surface area contributed by atoms with Crippen molar-refractivity contribution in [2.75, 3.05) is 6.61 Å². The highest BCUT2D eigenvalue weighted by molar-refractivity contribution is 7.86. The van der Waals surface area contributed by atoms with E-state index in [2.05, 4.69) is 0 Å². The maximum atomic E-state index is 12.6. The molecule has 4 aromatic rings. The van der Waals surface area contributed by atoms with Gasteiger partial charge in [-0.2, -0.15) is 8.42 Å². The number of hydrogen-bond donors (Lipinski definition) is 0. The van der Waals surface area contributed by atoms with E-state index in [1.165, 1.54) is 0 Å². The number of halogens is 1. The van der Waals surface area contributed by atoms with E-state index in [4.69, 9.17) is 20.5 Å². The average molecular weight is 491 g/mol. The number of rotatable bonds is 6. The molecule has 1 atom stereocenters. The molecule has 0 aromatic heterocycles. The Balaban J connectivity index is 1.41. The third-order valence-electron chi connectivity index (χ3n) is 5.93. The molecule has 0 saturated carbocycles. The predicted octanol–water partition coefficient (Wildman–Crippen LogP) is 6.69. The van der Waals surface area contributed by atoms with Gasteiger partial charge in [-0.25, -0.2) is 0 Å². The highest BCUT2D eigenvalue weighted by Crippen LogP contribution is 2.43. The highest BCUT2D eigenvalue weighted by Gasteiger charge is 2.29. The summed E-state index contributed by atoms with van der Waals surface area (Å²) in [5, 5.41) is 0.677. The van der Waals surface area contributed by atoms with Crippen molar-refractivity contribution in [1.82, 2.24) is 0 Å². The molecule has 0 N–H and O–H groups in total. The summed E-state index contributed by atoms with van der Waals surface area (Å²) in [6, 6.07) is 28.4. The Morgan fingerprint density at radius 3 is 2.15 bits per heavy atom. The van der Waals surface area contributed by atoms with Crippen LogP contribution in [0.15, 0.2) is 95.9 Å². The fourth-order valence-electron chi connectivity index (χ4n) is 4.21. The smallest absolute Gasteiger partial charge is 0.297 e. The molecular formula is C28H23ClO4S. The normalized spacial score (nSPS) is 15.1. The molecular weight excluding hydrogens is 468 g/mol. The van der Waals surface area contributed by atoms with Gasteiger partial charge in [-0.05, 0) is 41.8 Å². The van der Waals surface area contributed by atoms with E-state index >= 15 is 0 Å². The summed E-state index contributed by atoms with van der Waals surface area (Å²) in [4.78, 5) is 0.142. The van der Waals surface area contributed by atoms with Crippen molar-refractivity contribution in [1.29, 1.82) is 0 Å². The molecule has 0 spiro atoms. The third kappa shape index (κ3) is 4.47. The van der Waals surface area contributed by atoms with Crippen molar-refractivity contribution < 1.29 is 17.3 Å². The topological polar surface area (TPSA) is 52.6 Å². The van der Waals surface area contributed by atoms with Crippen LogP contribution >= 0.6 is 11.6 Å². The van der Waals surface area contributed by atoms with Crippen LogP contribution in [0, 0.1) is 6.92 Å². The van der Waals surface area contributed by atoms with Gasteiger partial charge in [-0.1, -0.05) is 90.0 Å². The molecule has 4 nitrogen and oxygen atoms in total. The monoisotopic (exact) mass is 490 g/mol. The lowest BCUT2D eigenvalue weighted by Crippen LogP contribution is -2.23. The second-order valence-electron chi connectivity index (χ2n) is 8.31. The number of hydrogen-bond acceptors (Lipinski definition) is 4. The summed E-state index contributed by atoms with van der Waals surface area (Å²) in [6.07, 6.45) is 0.171. The molecule has 0 aliphatic carbocycles. The zero-order chi connectivity index (χ0) is 23.7. The fraction of sp³-hybridized carbons (Fsp3) is 0.143. The summed E-state index contributed by atoms with van der Waals surface area (Å²) in [6.45, 7) is 1.85. The van der Waals surface area contributed by atoms with E-state index in [1.807, 2.05) is 73.7 Å². The van der Waals surface area contributed by atoms with E-state index in [0.717, 1.165) is 39.1 Å². The van der Waals surface area contributed by atoms with Gasteiger partial charge in [0.05, 0.1) is 4.90 Å². The summed E-state index contributed by atoms with van der Waals surface area (Å²) in [7, 11) is -3.86. The molecule has 1 aliphatic rings. The Kier molecular flexibility index (Phi) is 6.17. The van der Waals surface area contributed by atoms with Gasteiger partial charge in [0.15, 0.2) is 0 Å². The van der Waals surface area contributed by atoms with Crippen molar-refractivity contribution in [2.24, 2.45) is 0 Å². The molecule has 1 aliphatic heterocycles. The molecule has 6 heteroatoms. The molecule has 34 heavy (non-hydrogen) atoms. The van der Waals surface area contributed by atoms with Crippen LogP contribution in [-0.4, -0.2) is 21.1 Å². The molecule has 0 saturated heterocycles. The van der Waals surface area contributed by atoms with Gasteiger partial charge in [0.25, 0.3) is 10.1 Å².